The maximum Gasteiger partial charge on any atom is 0.0644 e. The first-order chi connectivity index (χ1) is 3.83. The quantitative estimate of drug-likeness (QED) is 0.577. The van der Waals surface area contributed by atoms with Gasteiger partial charge in [0.25, 0.3) is 0 Å². The van der Waals surface area contributed by atoms with E-state index in [-0.39, 0.29) is 0 Å². The molecule has 1 heterocycles. The van der Waals surface area contributed by atoms with Crippen LogP contribution < -0.4 is 0 Å². The molecule has 0 aromatic rings. The van der Waals surface area contributed by atoms with Gasteiger partial charge in [0.15, 0.2) is 0 Å². The molecule has 1 atom stereocenters. The van der Waals surface area contributed by atoms with E-state index in [4.69, 9.17) is 5.41 Å². The van der Waals surface area contributed by atoms with Crippen LogP contribution in [0.3, 0.4) is 0 Å². The fourth-order valence-corrected chi connectivity index (χ4v) is 1.94. The Bertz CT molecular complexity index is 101. The lowest BCUT2D eigenvalue weighted by Crippen LogP contribution is -1.90. The third-order valence-corrected chi connectivity index (χ3v) is 2.85. The summed E-state index contributed by atoms with van der Waals surface area (Å²) in [6.45, 7) is 2.19. The Morgan fingerprint density at radius 1 is 1.88 bits per heavy atom. The van der Waals surface area contributed by atoms with E-state index in [0.717, 1.165) is 16.7 Å². The molecule has 0 spiro atoms. The number of hydrogen-bond acceptors (Lipinski definition) is 2. The highest BCUT2D eigenvalue weighted by Gasteiger charge is 2.17. The summed E-state index contributed by atoms with van der Waals surface area (Å²) >= 11 is 1.75. The van der Waals surface area contributed by atoms with Crippen molar-refractivity contribution in [2.24, 2.45) is 0 Å². The summed E-state index contributed by atoms with van der Waals surface area (Å²) < 4.78 is 0. The Balaban J connectivity index is 2.32. The van der Waals surface area contributed by atoms with Gasteiger partial charge in [-0.3, -0.25) is 5.41 Å². The molecule has 0 saturated carbocycles. The topological polar surface area (TPSA) is 23.9 Å². The van der Waals surface area contributed by atoms with Gasteiger partial charge in [-0.2, -0.15) is 0 Å². The van der Waals surface area contributed by atoms with E-state index in [1.807, 2.05) is 0 Å². The molecule has 8 heavy (non-hydrogen) atoms. The highest BCUT2D eigenvalue weighted by molar-refractivity contribution is 8.14. The second-order valence-corrected chi connectivity index (χ2v) is 3.51. The summed E-state index contributed by atoms with van der Waals surface area (Å²) in [5, 5.41) is 8.90. The zero-order chi connectivity index (χ0) is 5.98. The van der Waals surface area contributed by atoms with Crippen molar-refractivity contribution in [1.82, 2.24) is 0 Å². The Kier molecular flexibility index (Phi) is 1.95. The Labute approximate surface area is 54.4 Å². The van der Waals surface area contributed by atoms with Crippen LogP contribution in [0.25, 0.3) is 0 Å². The van der Waals surface area contributed by atoms with Crippen LogP contribution in [-0.4, -0.2) is 10.3 Å². The van der Waals surface area contributed by atoms with E-state index < -0.39 is 0 Å². The molecule has 1 nitrogen and oxygen atoms in total. The molecular formula is C6H11NS. The van der Waals surface area contributed by atoms with Crippen molar-refractivity contribution in [3.8, 4) is 0 Å². The first kappa shape index (κ1) is 6.14. The molecule has 0 bridgehead atoms. The van der Waals surface area contributed by atoms with Crippen LogP contribution in [0.15, 0.2) is 0 Å². The molecular weight excluding hydrogens is 118 g/mol. The van der Waals surface area contributed by atoms with Crippen molar-refractivity contribution >= 4 is 16.8 Å². The summed E-state index contributed by atoms with van der Waals surface area (Å²) in [4.78, 5) is 0. The summed E-state index contributed by atoms with van der Waals surface area (Å²) in [6, 6.07) is 0. The van der Waals surface area contributed by atoms with Crippen molar-refractivity contribution in [1.29, 1.82) is 5.41 Å². The molecule has 1 rings (SSSR count). The van der Waals surface area contributed by atoms with Gasteiger partial charge in [0.05, 0.1) is 5.04 Å². The summed E-state index contributed by atoms with van der Waals surface area (Å²) in [5.74, 6) is 0. The zero-order valence-electron chi connectivity index (χ0n) is 5.11. The van der Waals surface area contributed by atoms with Gasteiger partial charge < -0.3 is 0 Å². The molecule has 1 N–H and O–H groups in total. The van der Waals surface area contributed by atoms with E-state index in [1.165, 1.54) is 12.8 Å². The lowest BCUT2D eigenvalue weighted by atomic mass is 10.2. The van der Waals surface area contributed by atoms with Crippen molar-refractivity contribution in [3.05, 3.63) is 0 Å². The molecule has 2 heteroatoms. The minimum absolute atomic E-state index is 0.766. The van der Waals surface area contributed by atoms with Crippen molar-refractivity contribution in [3.63, 3.8) is 0 Å². The predicted octanol–water partition coefficient (Wildman–Crippen LogP) is 2.27. The van der Waals surface area contributed by atoms with Gasteiger partial charge in [-0.05, 0) is 19.3 Å². The fraction of sp³-hybridized carbons (Fsp3) is 0.833. The van der Waals surface area contributed by atoms with Gasteiger partial charge in [0.1, 0.15) is 0 Å². The molecule has 1 aliphatic rings. The minimum Gasteiger partial charge on any atom is -0.298 e. The standard InChI is InChI=1S/C6H11NS/c1-2-5-3-4-6(7)8-5/h5,7H,2-4H2,1H3. The number of nitrogens with one attached hydrogen (secondary N) is 1. The maximum absolute atomic E-state index is 7.25. The zero-order valence-corrected chi connectivity index (χ0v) is 5.92. The van der Waals surface area contributed by atoms with Crippen molar-refractivity contribution < 1.29 is 0 Å². The summed E-state index contributed by atoms with van der Waals surface area (Å²) in [7, 11) is 0. The van der Waals surface area contributed by atoms with Crippen molar-refractivity contribution in [2.45, 2.75) is 31.4 Å². The summed E-state index contributed by atoms with van der Waals surface area (Å²) in [5.41, 5.74) is 0. The van der Waals surface area contributed by atoms with Gasteiger partial charge >= 0.3 is 0 Å². The van der Waals surface area contributed by atoms with Crippen LogP contribution in [0.5, 0.6) is 0 Å². The van der Waals surface area contributed by atoms with E-state index in [9.17, 15) is 0 Å². The Morgan fingerprint density at radius 3 is 2.88 bits per heavy atom. The fourth-order valence-electron chi connectivity index (χ4n) is 0.899. The molecule has 0 aromatic carbocycles. The second-order valence-electron chi connectivity index (χ2n) is 2.11. The third-order valence-electron chi connectivity index (χ3n) is 1.46. The predicted molar refractivity (Wildman–Crippen MR) is 38.6 cm³/mol. The molecule has 0 radical (unpaired) electrons. The average molecular weight is 129 g/mol. The molecule has 1 fully saturated rings. The monoisotopic (exact) mass is 129 g/mol. The first-order valence-electron chi connectivity index (χ1n) is 3.07. The van der Waals surface area contributed by atoms with E-state index in [0.29, 0.717) is 0 Å². The normalized spacial score (nSPS) is 29.1. The molecule has 0 aromatic heterocycles. The second kappa shape index (κ2) is 2.53. The third kappa shape index (κ3) is 1.25. The minimum atomic E-state index is 0.766. The smallest absolute Gasteiger partial charge is 0.0644 e. The highest BCUT2D eigenvalue weighted by Crippen LogP contribution is 2.29. The van der Waals surface area contributed by atoms with Crippen LogP contribution in [0.4, 0.5) is 0 Å². The van der Waals surface area contributed by atoms with Crippen LogP contribution >= 0.6 is 11.8 Å². The molecule has 0 aliphatic carbocycles. The van der Waals surface area contributed by atoms with Crippen LogP contribution in [0.1, 0.15) is 26.2 Å². The van der Waals surface area contributed by atoms with Crippen LogP contribution in [-0.2, 0) is 0 Å². The lowest BCUT2D eigenvalue weighted by Gasteiger charge is -1.98. The SMILES string of the molecule is CCC1CCC(=N)S1. The summed E-state index contributed by atoms with van der Waals surface area (Å²) in [6.07, 6.45) is 3.50. The lowest BCUT2D eigenvalue weighted by molar-refractivity contribution is 0.782. The Morgan fingerprint density at radius 2 is 2.62 bits per heavy atom. The molecule has 0 amide bonds. The van der Waals surface area contributed by atoms with Gasteiger partial charge in [0, 0.05) is 5.25 Å². The molecule has 46 valence electrons. The van der Waals surface area contributed by atoms with Crippen molar-refractivity contribution in [2.75, 3.05) is 0 Å². The average Bonchev–Trinajstić information content (AvgIpc) is 2.14. The number of thioether (sulfide) groups is 1. The van der Waals surface area contributed by atoms with Gasteiger partial charge in [-0.25, -0.2) is 0 Å². The molecule has 1 saturated heterocycles. The molecule has 1 aliphatic heterocycles. The first-order valence-corrected chi connectivity index (χ1v) is 3.95. The van der Waals surface area contributed by atoms with E-state index in [2.05, 4.69) is 6.92 Å². The number of rotatable bonds is 1. The van der Waals surface area contributed by atoms with Gasteiger partial charge in [-0.1, -0.05) is 6.92 Å². The van der Waals surface area contributed by atoms with Gasteiger partial charge in [-0.15, -0.1) is 11.8 Å². The largest absolute Gasteiger partial charge is 0.298 e. The maximum atomic E-state index is 7.25. The Hall–Kier alpha value is 0.0200. The van der Waals surface area contributed by atoms with Crippen LogP contribution in [0.2, 0.25) is 0 Å². The highest BCUT2D eigenvalue weighted by atomic mass is 32.2. The molecule has 1 unspecified atom stereocenters. The van der Waals surface area contributed by atoms with E-state index in [1.54, 1.807) is 11.8 Å². The van der Waals surface area contributed by atoms with E-state index >= 15 is 0 Å². The number of hydrogen-bond donors (Lipinski definition) is 1. The van der Waals surface area contributed by atoms with Gasteiger partial charge in [0.2, 0.25) is 0 Å². The van der Waals surface area contributed by atoms with Crippen LogP contribution in [0, 0.1) is 5.41 Å².